The Kier molecular flexibility index (Phi) is 6.47. The maximum atomic E-state index is 13.1. The molecular weight excluding hydrogens is 495 g/mol. The summed E-state index contributed by atoms with van der Waals surface area (Å²) in [5.74, 6) is 0. The summed E-state index contributed by atoms with van der Waals surface area (Å²) in [4.78, 5) is 6.16. The smallest absolute Gasteiger partial charge is 0.345 e. The molecule has 4 rings (SSSR count). The molecular formula is C22H21ClF3N3O2S2. The average Bonchev–Trinajstić information content (AvgIpc) is 3.25. The molecule has 0 N–H and O–H groups in total. The largest absolute Gasteiger partial charge is 0.416 e. The van der Waals surface area contributed by atoms with Gasteiger partial charge in [-0.3, -0.25) is 0 Å². The van der Waals surface area contributed by atoms with Gasteiger partial charge in [-0.25, -0.2) is 13.4 Å². The third kappa shape index (κ3) is 4.89. The minimum atomic E-state index is -4.66. The van der Waals surface area contributed by atoms with Crippen LogP contribution in [0.25, 0.3) is 11.3 Å². The van der Waals surface area contributed by atoms with Crippen LogP contribution >= 0.6 is 22.9 Å². The van der Waals surface area contributed by atoms with Gasteiger partial charge in [0, 0.05) is 37.1 Å². The Morgan fingerprint density at radius 2 is 1.70 bits per heavy atom. The Labute approximate surface area is 199 Å². The van der Waals surface area contributed by atoms with Crippen molar-refractivity contribution in [2.24, 2.45) is 0 Å². The molecule has 0 amide bonds. The molecule has 11 heteroatoms. The Balaban J connectivity index is 1.49. The van der Waals surface area contributed by atoms with Crippen molar-refractivity contribution in [3.05, 3.63) is 63.5 Å². The van der Waals surface area contributed by atoms with E-state index in [4.69, 9.17) is 16.6 Å². The molecule has 1 fully saturated rings. The molecule has 5 nitrogen and oxygen atoms in total. The number of thiazole rings is 1. The van der Waals surface area contributed by atoms with Crippen LogP contribution in [0.2, 0.25) is 5.02 Å². The van der Waals surface area contributed by atoms with Crippen molar-refractivity contribution < 1.29 is 21.6 Å². The van der Waals surface area contributed by atoms with E-state index in [9.17, 15) is 21.6 Å². The van der Waals surface area contributed by atoms with Crippen molar-refractivity contribution in [1.29, 1.82) is 0 Å². The zero-order valence-electron chi connectivity index (χ0n) is 17.9. The first-order chi connectivity index (χ1) is 15.5. The summed E-state index contributed by atoms with van der Waals surface area (Å²) >= 11 is 7.44. The molecule has 0 radical (unpaired) electrons. The zero-order chi connectivity index (χ0) is 24.0. The number of sulfonamides is 1. The van der Waals surface area contributed by atoms with E-state index in [1.807, 2.05) is 36.3 Å². The number of aromatic nitrogens is 1. The van der Waals surface area contributed by atoms with Gasteiger partial charge >= 0.3 is 6.18 Å². The van der Waals surface area contributed by atoms with Crippen LogP contribution in [0.3, 0.4) is 0 Å². The monoisotopic (exact) mass is 515 g/mol. The SMILES string of the molecule is Cc1ccc(-c2csc(N3CCN(S(=O)(=O)c4cc(C(F)(F)F)ccc4Cl)CC3)n2)cc1C. The van der Waals surface area contributed by atoms with Crippen molar-refractivity contribution in [2.75, 3.05) is 31.1 Å². The molecule has 0 atom stereocenters. The third-order valence-electron chi connectivity index (χ3n) is 5.68. The Hall–Kier alpha value is -2.14. The van der Waals surface area contributed by atoms with Crippen molar-refractivity contribution in [2.45, 2.75) is 24.9 Å². The Morgan fingerprint density at radius 1 is 1.00 bits per heavy atom. The lowest BCUT2D eigenvalue weighted by molar-refractivity contribution is -0.137. The highest BCUT2D eigenvalue weighted by Gasteiger charge is 2.35. The van der Waals surface area contributed by atoms with Crippen molar-refractivity contribution in [1.82, 2.24) is 9.29 Å². The van der Waals surface area contributed by atoms with Crippen LogP contribution in [0, 0.1) is 13.8 Å². The molecule has 2 heterocycles. The molecule has 176 valence electrons. The number of nitrogens with zero attached hydrogens (tertiary/aromatic N) is 3. The molecule has 2 aromatic carbocycles. The van der Waals surface area contributed by atoms with Crippen LogP contribution in [0.1, 0.15) is 16.7 Å². The van der Waals surface area contributed by atoms with Crippen LogP contribution in [-0.2, 0) is 16.2 Å². The molecule has 1 saturated heterocycles. The summed E-state index contributed by atoms with van der Waals surface area (Å²) in [6, 6.07) is 8.49. The van der Waals surface area contributed by atoms with Crippen LogP contribution in [-0.4, -0.2) is 43.9 Å². The molecule has 1 aromatic heterocycles. The van der Waals surface area contributed by atoms with E-state index in [2.05, 4.69) is 6.07 Å². The number of benzene rings is 2. The molecule has 0 bridgehead atoms. The van der Waals surface area contributed by atoms with E-state index in [0.717, 1.165) is 28.5 Å². The van der Waals surface area contributed by atoms with Crippen molar-refractivity contribution in [3.63, 3.8) is 0 Å². The van der Waals surface area contributed by atoms with Crippen LogP contribution in [0.5, 0.6) is 0 Å². The first-order valence-corrected chi connectivity index (χ1v) is 12.8. The molecule has 0 aliphatic carbocycles. The number of hydrogen-bond donors (Lipinski definition) is 0. The normalized spacial score (nSPS) is 15.8. The minimum Gasteiger partial charge on any atom is -0.345 e. The van der Waals surface area contributed by atoms with E-state index < -0.39 is 26.7 Å². The van der Waals surface area contributed by atoms with Gasteiger partial charge in [0.05, 0.1) is 16.3 Å². The van der Waals surface area contributed by atoms with Gasteiger partial charge in [-0.05, 0) is 49.2 Å². The van der Waals surface area contributed by atoms with Gasteiger partial charge < -0.3 is 4.90 Å². The van der Waals surface area contributed by atoms with Gasteiger partial charge in [0.1, 0.15) is 4.90 Å². The maximum Gasteiger partial charge on any atom is 0.416 e. The fourth-order valence-corrected chi connectivity index (χ4v) is 6.39. The second-order valence-corrected chi connectivity index (χ2v) is 11.0. The standard InChI is InChI=1S/C22H21ClF3N3O2S2/c1-14-3-4-16(11-15(14)2)19-13-32-21(27-19)28-7-9-29(10-8-28)33(30,31)20-12-17(22(24,25)26)5-6-18(20)23/h3-6,11-13H,7-10H2,1-2H3. The average molecular weight is 516 g/mol. The quantitative estimate of drug-likeness (QED) is 0.453. The molecule has 0 saturated carbocycles. The number of halogens is 4. The summed E-state index contributed by atoms with van der Waals surface area (Å²) < 4.78 is 66.4. The topological polar surface area (TPSA) is 53.5 Å². The van der Waals surface area contributed by atoms with Crippen LogP contribution < -0.4 is 4.90 Å². The number of rotatable bonds is 4. The van der Waals surface area contributed by atoms with E-state index >= 15 is 0 Å². The second-order valence-electron chi connectivity index (χ2n) is 7.85. The van der Waals surface area contributed by atoms with Crippen LogP contribution in [0.4, 0.5) is 18.3 Å². The zero-order valence-corrected chi connectivity index (χ0v) is 20.2. The fraction of sp³-hybridized carbons (Fsp3) is 0.318. The molecule has 1 aliphatic heterocycles. The van der Waals surface area contributed by atoms with E-state index in [0.29, 0.717) is 19.2 Å². The lowest BCUT2D eigenvalue weighted by Crippen LogP contribution is -2.48. The van der Waals surface area contributed by atoms with Gasteiger partial charge in [0.15, 0.2) is 5.13 Å². The summed E-state index contributed by atoms with van der Waals surface area (Å²) in [5.41, 5.74) is 3.19. The number of anilines is 1. The Morgan fingerprint density at radius 3 is 2.33 bits per heavy atom. The maximum absolute atomic E-state index is 13.1. The summed E-state index contributed by atoms with van der Waals surface area (Å²) in [6.07, 6.45) is -4.66. The summed E-state index contributed by atoms with van der Waals surface area (Å²) in [5, 5.41) is 2.51. The summed E-state index contributed by atoms with van der Waals surface area (Å²) in [7, 11) is -4.17. The van der Waals surface area contributed by atoms with Gasteiger partial charge in [-0.15, -0.1) is 11.3 Å². The van der Waals surface area contributed by atoms with Gasteiger partial charge in [-0.2, -0.15) is 17.5 Å². The molecule has 0 spiro atoms. The predicted molar refractivity (Wildman–Crippen MR) is 124 cm³/mol. The second kappa shape index (κ2) is 8.90. The number of hydrogen-bond acceptors (Lipinski definition) is 5. The summed E-state index contributed by atoms with van der Waals surface area (Å²) in [6.45, 7) is 5.07. The lowest BCUT2D eigenvalue weighted by Gasteiger charge is -2.34. The van der Waals surface area contributed by atoms with E-state index in [-0.39, 0.29) is 18.1 Å². The third-order valence-corrected chi connectivity index (χ3v) is 8.96. The van der Waals surface area contributed by atoms with Gasteiger partial charge in [0.25, 0.3) is 0 Å². The number of aryl methyl sites for hydroxylation is 2. The lowest BCUT2D eigenvalue weighted by atomic mass is 10.1. The molecule has 3 aromatic rings. The fourth-order valence-electron chi connectivity index (χ4n) is 3.58. The van der Waals surface area contributed by atoms with Gasteiger partial charge in [0.2, 0.25) is 10.0 Å². The van der Waals surface area contributed by atoms with E-state index in [1.165, 1.54) is 26.8 Å². The number of piperazine rings is 1. The highest BCUT2D eigenvalue weighted by molar-refractivity contribution is 7.89. The van der Waals surface area contributed by atoms with Crippen LogP contribution in [0.15, 0.2) is 46.7 Å². The first kappa shape index (κ1) is 24.0. The van der Waals surface area contributed by atoms with Crippen molar-refractivity contribution >= 4 is 38.1 Å². The predicted octanol–water partition coefficient (Wildman–Crippen LogP) is 5.61. The highest BCUT2D eigenvalue weighted by atomic mass is 35.5. The highest BCUT2D eigenvalue weighted by Crippen LogP contribution is 2.35. The molecule has 33 heavy (non-hydrogen) atoms. The van der Waals surface area contributed by atoms with E-state index in [1.54, 1.807) is 0 Å². The molecule has 1 aliphatic rings. The number of alkyl halides is 3. The Bertz CT molecular complexity index is 1280. The van der Waals surface area contributed by atoms with Gasteiger partial charge in [-0.1, -0.05) is 23.7 Å². The van der Waals surface area contributed by atoms with Crippen molar-refractivity contribution in [3.8, 4) is 11.3 Å². The minimum absolute atomic E-state index is 0.119. The first-order valence-electron chi connectivity index (χ1n) is 10.1. The molecule has 0 unspecified atom stereocenters.